The first kappa shape index (κ1) is 41.6. The molecular formula is C67H49N3S. The summed E-state index contributed by atoms with van der Waals surface area (Å²) in [5, 5.41) is 5.31. The highest BCUT2D eigenvalue weighted by Crippen LogP contribution is 2.54. The van der Waals surface area contributed by atoms with Gasteiger partial charge in [-0.15, -0.1) is 11.8 Å². The van der Waals surface area contributed by atoms with E-state index >= 15 is 0 Å². The maximum absolute atomic E-state index is 2.48. The lowest BCUT2D eigenvalue weighted by molar-refractivity contribution is 0.660. The van der Waals surface area contributed by atoms with E-state index in [4.69, 9.17) is 0 Å². The molecule has 0 N–H and O–H groups in total. The molecule has 0 saturated heterocycles. The van der Waals surface area contributed by atoms with E-state index in [1.807, 2.05) is 11.8 Å². The van der Waals surface area contributed by atoms with Gasteiger partial charge in [-0.05, 0) is 136 Å². The van der Waals surface area contributed by atoms with Crippen LogP contribution in [-0.2, 0) is 5.41 Å². The molecule has 3 aliphatic rings. The Kier molecular flexibility index (Phi) is 9.62. The van der Waals surface area contributed by atoms with Gasteiger partial charge >= 0.3 is 0 Å². The van der Waals surface area contributed by atoms with Gasteiger partial charge in [0.05, 0.1) is 22.4 Å². The topological polar surface area (TPSA) is 11.4 Å². The minimum absolute atomic E-state index is 0.145. The summed E-state index contributed by atoms with van der Waals surface area (Å²) in [6.45, 7) is 4.73. The third-order valence-corrected chi connectivity index (χ3v) is 16.6. The highest BCUT2D eigenvalue weighted by molar-refractivity contribution is 8.00. The van der Waals surface area contributed by atoms with Crippen molar-refractivity contribution in [1.82, 2.24) is 4.57 Å². The predicted octanol–water partition coefficient (Wildman–Crippen LogP) is 18.5. The summed E-state index contributed by atoms with van der Waals surface area (Å²) in [6, 6.07) is 83.4. The Balaban J connectivity index is 1.01. The van der Waals surface area contributed by atoms with Crippen LogP contribution in [0.4, 0.5) is 34.1 Å². The van der Waals surface area contributed by atoms with Crippen LogP contribution in [0.5, 0.6) is 0 Å². The molecule has 338 valence electrons. The predicted molar refractivity (Wildman–Crippen MR) is 301 cm³/mol. The van der Waals surface area contributed by atoms with Gasteiger partial charge in [-0.3, -0.25) is 0 Å². The second-order valence-electron chi connectivity index (χ2n) is 19.6. The molecular weight excluding hydrogens is 879 g/mol. The first-order valence-corrected chi connectivity index (χ1v) is 25.6. The van der Waals surface area contributed by atoms with Crippen molar-refractivity contribution in [1.29, 1.82) is 0 Å². The van der Waals surface area contributed by atoms with Crippen LogP contribution in [0.15, 0.2) is 254 Å². The van der Waals surface area contributed by atoms with Crippen molar-refractivity contribution in [3.8, 4) is 27.9 Å². The number of nitrogens with zero attached hydrogens (tertiary/aromatic N) is 3. The molecule has 4 heteroatoms. The molecule has 0 saturated carbocycles. The minimum atomic E-state index is -0.145. The van der Waals surface area contributed by atoms with Crippen molar-refractivity contribution in [3.63, 3.8) is 0 Å². The van der Waals surface area contributed by atoms with Crippen molar-refractivity contribution in [2.45, 2.75) is 35.3 Å². The summed E-state index contributed by atoms with van der Waals surface area (Å²) in [7, 11) is 0. The fourth-order valence-electron chi connectivity index (χ4n) is 11.9. The van der Waals surface area contributed by atoms with Crippen LogP contribution in [-0.4, -0.2) is 9.82 Å². The van der Waals surface area contributed by atoms with E-state index in [2.05, 4.69) is 277 Å². The third-order valence-electron chi connectivity index (χ3n) is 15.3. The summed E-state index contributed by atoms with van der Waals surface area (Å²) in [5.41, 5.74) is 19.1. The molecule has 11 aromatic rings. The Morgan fingerprint density at radius 3 is 1.94 bits per heavy atom. The maximum Gasteiger partial charge on any atom is 0.0541 e. The van der Waals surface area contributed by atoms with Crippen molar-refractivity contribution < 1.29 is 0 Å². The van der Waals surface area contributed by atoms with Gasteiger partial charge in [-0.1, -0.05) is 166 Å². The molecule has 1 aromatic heterocycles. The summed E-state index contributed by atoms with van der Waals surface area (Å²) in [4.78, 5) is 6.28. The maximum atomic E-state index is 2.48. The average Bonchev–Trinajstić information content (AvgIpc) is 4.04. The zero-order chi connectivity index (χ0) is 47.2. The Labute approximate surface area is 419 Å². The first-order chi connectivity index (χ1) is 35.0. The summed E-state index contributed by atoms with van der Waals surface area (Å²) < 4.78 is 2.46. The van der Waals surface area contributed by atoms with Gasteiger partial charge in [-0.2, -0.15) is 0 Å². The van der Waals surface area contributed by atoms with Crippen LogP contribution in [0.25, 0.3) is 60.5 Å². The zero-order valence-corrected chi connectivity index (χ0v) is 40.4. The lowest BCUT2D eigenvalue weighted by atomic mass is 9.82. The molecule has 1 aliphatic heterocycles. The van der Waals surface area contributed by atoms with E-state index in [1.165, 1.54) is 71.0 Å². The Morgan fingerprint density at radius 2 is 1.08 bits per heavy atom. The molecule has 0 fully saturated rings. The highest BCUT2D eigenvalue weighted by Gasteiger charge is 2.36. The molecule has 71 heavy (non-hydrogen) atoms. The number of thioether (sulfide) groups is 1. The number of hydrogen-bond acceptors (Lipinski definition) is 3. The van der Waals surface area contributed by atoms with Gasteiger partial charge in [0.15, 0.2) is 0 Å². The van der Waals surface area contributed by atoms with E-state index < -0.39 is 0 Å². The quantitative estimate of drug-likeness (QED) is 0.151. The zero-order valence-electron chi connectivity index (χ0n) is 39.6. The van der Waals surface area contributed by atoms with Gasteiger partial charge in [0.1, 0.15) is 0 Å². The lowest BCUT2D eigenvalue weighted by Crippen LogP contribution is -2.17. The number of para-hydroxylation sites is 3. The molecule has 2 atom stereocenters. The monoisotopic (exact) mass is 927 g/mol. The van der Waals surface area contributed by atoms with Gasteiger partial charge in [-0.25, -0.2) is 0 Å². The number of aromatic nitrogens is 1. The van der Waals surface area contributed by atoms with E-state index in [9.17, 15) is 0 Å². The summed E-state index contributed by atoms with van der Waals surface area (Å²) >= 11 is 1.98. The number of benzene rings is 10. The number of fused-ring (bicyclic) bond motifs is 10. The fourth-order valence-corrected chi connectivity index (χ4v) is 13.2. The molecule has 14 rings (SSSR count). The van der Waals surface area contributed by atoms with Crippen molar-refractivity contribution in [3.05, 3.63) is 265 Å². The Hall–Kier alpha value is -8.31. The number of hydrogen-bond donors (Lipinski definition) is 0. The molecule has 2 unspecified atom stereocenters. The number of anilines is 6. The third kappa shape index (κ3) is 6.66. The Morgan fingerprint density at radius 1 is 0.437 bits per heavy atom. The van der Waals surface area contributed by atoms with E-state index in [0.717, 1.165) is 45.3 Å². The minimum Gasteiger partial charge on any atom is -0.310 e. The Bertz CT molecular complexity index is 3970. The SMILES string of the molecule is CC1(C)c2ccccc2-c2ccc(N(c3ccccc3)c3ccc(N(c4ccccc4)c4ccc5c(c4)C4C=CC=CC4S5)c(-c4ccc5c(c4)c4ccccc4n5-c4cccc5ccccc45)c3)cc21. The van der Waals surface area contributed by atoms with Crippen LogP contribution in [0.3, 0.4) is 0 Å². The van der Waals surface area contributed by atoms with Crippen molar-refractivity contribution in [2.24, 2.45) is 0 Å². The van der Waals surface area contributed by atoms with Crippen molar-refractivity contribution in [2.75, 3.05) is 9.80 Å². The molecule has 10 aromatic carbocycles. The lowest BCUT2D eigenvalue weighted by Gasteiger charge is -2.31. The molecule has 0 amide bonds. The van der Waals surface area contributed by atoms with Crippen LogP contribution in [0.1, 0.15) is 36.5 Å². The molecule has 2 aliphatic carbocycles. The molecule has 3 nitrogen and oxygen atoms in total. The van der Waals surface area contributed by atoms with Crippen LogP contribution >= 0.6 is 11.8 Å². The van der Waals surface area contributed by atoms with Gasteiger partial charge in [0, 0.05) is 71.6 Å². The number of rotatable bonds is 8. The van der Waals surface area contributed by atoms with Gasteiger partial charge < -0.3 is 14.4 Å². The molecule has 0 radical (unpaired) electrons. The number of allylic oxidation sites excluding steroid dienone is 3. The van der Waals surface area contributed by atoms with Crippen molar-refractivity contribution >= 4 is 78.5 Å². The fraction of sp³-hybridized carbons (Fsp3) is 0.0746. The summed E-state index contributed by atoms with van der Waals surface area (Å²) in [6.07, 6.45) is 9.14. The molecule has 0 bridgehead atoms. The molecule has 2 heterocycles. The average molecular weight is 928 g/mol. The van der Waals surface area contributed by atoms with E-state index in [0.29, 0.717) is 11.2 Å². The van der Waals surface area contributed by atoms with Gasteiger partial charge in [0.2, 0.25) is 0 Å². The van der Waals surface area contributed by atoms with E-state index in [1.54, 1.807) is 0 Å². The second-order valence-corrected chi connectivity index (χ2v) is 20.8. The molecule has 0 spiro atoms. The highest BCUT2D eigenvalue weighted by atomic mass is 32.2. The van der Waals surface area contributed by atoms with Crippen LogP contribution < -0.4 is 9.80 Å². The second kappa shape index (κ2) is 16.4. The first-order valence-electron chi connectivity index (χ1n) is 24.7. The van der Waals surface area contributed by atoms with Crippen LogP contribution in [0.2, 0.25) is 0 Å². The normalized spacial score (nSPS) is 16.0. The van der Waals surface area contributed by atoms with E-state index in [-0.39, 0.29) is 5.41 Å². The standard InChI is InChI=1S/C67H49N3S/c1-67(2)59-28-14-11-25-52(59)53-36-33-50(43-60(53)67)68(46-20-5-3-6-21-46)48-34-38-63(69(47-22-7-4-8-23-47)49-35-39-66-58(42-49)55-27-13-16-31-65(55)71-66)56(41-48)45-32-37-64-57(40-45)54-26-12-15-29-62(54)70(64)61-30-17-19-44-18-9-10-24-51(44)61/h3-43,55,65H,1-2H3. The largest absolute Gasteiger partial charge is 0.310 e. The summed E-state index contributed by atoms with van der Waals surface area (Å²) in [5.74, 6) is 0.338. The smallest absolute Gasteiger partial charge is 0.0541 e. The van der Waals surface area contributed by atoms with Crippen LogP contribution in [0, 0.1) is 0 Å². The van der Waals surface area contributed by atoms with Gasteiger partial charge in [0.25, 0.3) is 0 Å².